The van der Waals surface area contributed by atoms with Crippen LogP contribution < -0.4 is 4.74 Å². The van der Waals surface area contributed by atoms with Crippen LogP contribution in [0.1, 0.15) is 12.8 Å². The predicted octanol–water partition coefficient (Wildman–Crippen LogP) is 2.80. The number of likely N-dealkylation sites (tertiary alicyclic amines) is 1. The van der Waals surface area contributed by atoms with Gasteiger partial charge in [0.15, 0.2) is 0 Å². The Balaban J connectivity index is 1.78. The van der Waals surface area contributed by atoms with Crippen LogP contribution in [0.2, 0.25) is 5.15 Å². The quantitative estimate of drug-likeness (QED) is 0.863. The lowest BCUT2D eigenvalue weighted by molar-refractivity contribution is 0.0792. The number of fused-ring (bicyclic) bond motifs is 1. The third kappa shape index (κ3) is 3.00. The van der Waals surface area contributed by atoms with E-state index in [1.165, 1.54) is 11.2 Å². The van der Waals surface area contributed by atoms with Crippen LogP contribution in [0.15, 0.2) is 24.5 Å². The summed E-state index contributed by atoms with van der Waals surface area (Å²) in [6.07, 6.45) is 2.00. The van der Waals surface area contributed by atoms with Gasteiger partial charge in [0.05, 0.1) is 12.1 Å². The second-order valence-electron chi connectivity index (χ2n) is 4.95. The molecular weight excluding hydrogens is 294 g/mol. The topological polar surface area (TPSA) is 75.5 Å². The molecule has 0 bridgehead atoms. The zero-order valence-corrected chi connectivity index (χ0v) is 12.0. The van der Waals surface area contributed by atoms with Crippen molar-refractivity contribution in [3.8, 4) is 5.75 Å². The lowest BCUT2D eigenvalue weighted by Crippen LogP contribution is -2.43. The maximum atomic E-state index is 11.0. The highest BCUT2D eigenvalue weighted by molar-refractivity contribution is 6.34. The van der Waals surface area contributed by atoms with E-state index >= 15 is 0 Å². The average Bonchev–Trinajstić information content (AvgIpc) is 2.48. The number of amides is 1. The van der Waals surface area contributed by atoms with E-state index < -0.39 is 6.09 Å². The summed E-state index contributed by atoms with van der Waals surface area (Å²) in [5.41, 5.74) is 0.748. The predicted molar refractivity (Wildman–Crippen MR) is 77.8 cm³/mol. The fraction of sp³-hybridized carbons (Fsp3) is 0.357. The maximum absolute atomic E-state index is 11.0. The van der Waals surface area contributed by atoms with Crippen molar-refractivity contribution >= 4 is 28.6 Å². The van der Waals surface area contributed by atoms with Crippen molar-refractivity contribution < 1.29 is 14.6 Å². The standard InChI is InChI=1S/C14H14ClN3O3/c15-13-11-6-9(3-4-12(11)16-8-17-13)21-10-2-1-5-18(7-10)14(19)20/h3-4,6,8,10H,1-2,5,7H2,(H,19,20)/t10-/m0/s1. The van der Waals surface area contributed by atoms with Gasteiger partial charge in [-0.3, -0.25) is 0 Å². The molecule has 1 N–H and O–H groups in total. The Morgan fingerprint density at radius 1 is 1.43 bits per heavy atom. The molecule has 110 valence electrons. The molecule has 0 radical (unpaired) electrons. The molecule has 0 spiro atoms. The van der Waals surface area contributed by atoms with Crippen molar-refractivity contribution in [1.82, 2.24) is 14.9 Å². The molecule has 3 rings (SSSR count). The van der Waals surface area contributed by atoms with Gasteiger partial charge in [-0.2, -0.15) is 0 Å². The van der Waals surface area contributed by atoms with Crippen LogP contribution in [-0.4, -0.2) is 45.3 Å². The Morgan fingerprint density at radius 3 is 3.10 bits per heavy atom. The van der Waals surface area contributed by atoms with Crippen LogP contribution >= 0.6 is 11.6 Å². The van der Waals surface area contributed by atoms with E-state index in [1.54, 1.807) is 6.07 Å². The molecule has 0 saturated carbocycles. The fourth-order valence-corrected chi connectivity index (χ4v) is 2.67. The monoisotopic (exact) mass is 307 g/mol. The number of ether oxygens (including phenoxy) is 1. The molecule has 1 aliphatic heterocycles. The number of aromatic nitrogens is 2. The highest BCUT2D eigenvalue weighted by atomic mass is 35.5. The van der Waals surface area contributed by atoms with E-state index in [0.717, 1.165) is 23.7 Å². The fourth-order valence-electron chi connectivity index (χ4n) is 2.48. The zero-order valence-electron chi connectivity index (χ0n) is 11.2. The van der Waals surface area contributed by atoms with Gasteiger partial charge in [0.25, 0.3) is 0 Å². The van der Waals surface area contributed by atoms with Crippen molar-refractivity contribution in [2.24, 2.45) is 0 Å². The lowest BCUT2D eigenvalue weighted by Gasteiger charge is -2.31. The Bertz CT molecular complexity index is 680. The van der Waals surface area contributed by atoms with E-state index in [0.29, 0.717) is 24.0 Å². The van der Waals surface area contributed by atoms with E-state index in [1.807, 2.05) is 12.1 Å². The number of rotatable bonds is 2. The molecule has 1 atom stereocenters. The van der Waals surface area contributed by atoms with Gasteiger partial charge in [-0.05, 0) is 31.0 Å². The van der Waals surface area contributed by atoms with Crippen LogP contribution in [0.5, 0.6) is 5.75 Å². The van der Waals surface area contributed by atoms with Crippen LogP contribution in [0, 0.1) is 0 Å². The van der Waals surface area contributed by atoms with E-state index in [4.69, 9.17) is 21.4 Å². The minimum Gasteiger partial charge on any atom is -0.489 e. The first-order chi connectivity index (χ1) is 10.1. The van der Waals surface area contributed by atoms with Crippen LogP contribution in [0.25, 0.3) is 10.9 Å². The molecule has 1 aromatic heterocycles. The Labute approximate surface area is 126 Å². The first-order valence-electron chi connectivity index (χ1n) is 6.68. The van der Waals surface area contributed by atoms with E-state index in [2.05, 4.69) is 9.97 Å². The van der Waals surface area contributed by atoms with Gasteiger partial charge < -0.3 is 14.7 Å². The second kappa shape index (κ2) is 5.73. The molecule has 1 fully saturated rings. The van der Waals surface area contributed by atoms with Gasteiger partial charge in [0.1, 0.15) is 23.3 Å². The lowest BCUT2D eigenvalue weighted by atomic mass is 10.1. The Kier molecular flexibility index (Phi) is 3.79. The summed E-state index contributed by atoms with van der Waals surface area (Å²) in [6, 6.07) is 5.42. The van der Waals surface area contributed by atoms with Crippen molar-refractivity contribution in [3.05, 3.63) is 29.7 Å². The van der Waals surface area contributed by atoms with Gasteiger partial charge in [-0.25, -0.2) is 14.8 Å². The molecule has 1 aromatic carbocycles. The molecular formula is C14H14ClN3O3. The van der Waals surface area contributed by atoms with Gasteiger partial charge in [0.2, 0.25) is 0 Å². The molecule has 2 heterocycles. The summed E-state index contributed by atoms with van der Waals surface area (Å²) in [6.45, 7) is 0.943. The van der Waals surface area contributed by atoms with Gasteiger partial charge in [-0.1, -0.05) is 11.6 Å². The molecule has 1 saturated heterocycles. The average molecular weight is 308 g/mol. The molecule has 7 heteroatoms. The largest absolute Gasteiger partial charge is 0.489 e. The molecule has 0 aliphatic carbocycles. The normalized spacial score (nSPS) is 18.7. The Hall–Kier alpha value is -2.08. The molecule has 0 unspecified atom stereocenters. The second-order valence-corrected chi connectivity index (χ2v) is 5.31. The minimum atomic E-state index is -0.904. The maximum Gasteiger partial charge on any atom is 0.407 e. The molecule has 1 aliphatic rings. The summed E-state index contributed by atoms with van der Waals surface area (Å²) in [7, 11) is 0. The first-order valence-corrected chi connectivity index (χ1v) is 7.06. The molecule has 6 nitrogen and oxygen atoms in total. The number of hydrogen-bond donors (Lipinski definition) is 1. The molecule has 21 heavy (non-hydrogen) atoms. The summed E-state index contributed by atoms with van der Waals surface area (Å²) in [4.78, 5) is 20.5. The summed E-state index contributed by atoms with van der Waals surface area (Å²) in [5.74, 6) is 0.649. The number of carbonyl (C=O) groups is 1. The summed E-state index contributed by atoms with van der Waals surface area (Å²) < 4.78 is 5.88. The van der Waals surface area contributed by atoms with Crippen LogP contribution in [-0.2, 0) is 0 Å². The van der Waals surface area contributed by atoms with Crippen LogP contribution in [0.4, 0.5) is 4.79 Å². The van der Waals surface area contributed by atoms with Crippen molar-refractivity contribution in [2.75, 3.05) is 13.1 Å². The van der Waals surface area contributed by atoms with Crippen molar-refractivity contribution in [3.63, 3.8) is 0 Å². The third-order valence-corrected chi connectivity index (χ3v) is 3.81. The number of carboxylic acid groups (broad SMARTS) is 1. The molecule has 1 amide bonds. The zero-order chi connectivity index (χ0) is 14.8. The minimum absolute atomic E-state index is 0.143. The van der Waals surface area contributed by atoms with Gasteiger partial charge in [-0.15, -0.1) is 0 Å². The van der Waals surface area contributed by atoms with Gasteiger partial charge in [0, 0.05) is 11.9 Å². The number of nitrogens with zero attached hydrogens (tertiary/aromatic N) is 3. The number of benzene rings is 1. The Morgan fingerprint density at radius 2 is 2.29 bits per heavy atom. The number of piperidine rings is 1. The van der Waals surface area contributed by atoms with Crippen molar-refractivity contribution in [1.29, 1.82) is 0 Å². The third-order valence-electron chi connectivity index (χ3n) is 3.51. The van der Waals surface area contributed by atoms with E-state index in [-0.39, 0.29) is 6.10 Å². The van der Waals surface area contributed by atoms with E-state index in [9.17, 15) is 4.79 Å². The smallest absolute Gasteiger partial charge is 0.407 e. The SMILES string of the molecule is O=C(O)N1CCC[C@H](Oc2ccc3ncnc(Cl)c3c2)C1. The molecule has 2 aromatic rings. The highest BCUT2D eigenvalue weighted by Crippen LogP contribution is 2.26. The first kappa shape index (κ1) is 13.9. The number of hydrogen-bond acceptors (Lipinski definition) is 4. The summed E-state index contributed by atoms with van der Waals surface area (Å²) >= 11 is 6.04. The van der Waals surface area contributed by atoms with Crippen LogP contribution in [0.3, 0.4) is 0 Å². The number of halogens is 1. The highest BCUT2D eigenvalue weighted by Gasteiger charge is 2.24. The van der Waals surface area contributed by atoms with Crippen molar-refractivity contribution in [2.45, 2.75) is 18.9 Å². The van der Waals surface area contributed by atoms with Gasteiger partial charge >= 0.3 is 6.09 Å². The summed E-state index contributed by atoms with van der Waals surface area (Å²) in [5, 5.41) is 10.1.